The molecule has 0 radical (unpaired) electrons. The molecule has 1 heterocycles. The van der Waals surface area contributed by atoms with Gasteiger partial charge in [-0.1, -0.05) is 11.0 Å². The summed E-state index contributed by atoms with van der Waals surface area (Å²) in [6.07, 6.45) is 1.57. The van der Waals surface area contributed by atoms with Crippen molar-refractivity contribution in [1.29, 1.82) is 0 Å². The van der Waals surface area contributed by atoms with Crippen LogP contribution in [0.15, 0.2) is 23.4 Å². The highest BCUT2D eigenvalue weighted by Crippen LogP contribution is 1.99. The van der Waals surface area contributed by atoms with Crippen LogP contribution in [0.1, 0.15) is 11.3 Å². The van der Waals surface area contributed by atoms with E-state index in [1.807, 2.05) is 0 Å². The number of nitrogens with zero attached hydrogens (tertiary/aromatic N) is 4. The number of aromatic nitrogens is 1. The van der Waals surface area contributed by atoms with Gasteiger partial charge < -0.3 is 5.11 Å². The maximum Gasteiger partial charge on any atom is 0.113 e. The summed E-state index contributed by atoms with van der Waals surface area (Å²) in [4.78, 5) is 6.53. The van der Waals surface area contributed by atoms with Crippen molar-refractivity contribution in [1.82, 2.24) is 4.98 Å². The lowest BCUT2D eigenvalue weighted by atomic mass is 10.2. The van der Waals surface area contributed by atoms with E-state index in [-0.39, 0.29) is 13.2 Å². The highest BCUT2D eigenvalue weighted by Gasteiger charge is 1.91. The molecule has 0 unspecified atom stereocenters. The van der Waals surface area contributed by atoms with Gasteiger partial charge in [0.1, 0.15) is 5.69 Å². The first-order chi connectivity index (χ1) is 6.86. The average Bonchev–Trinajstić information content (AvgIpc) is 2.25. The molecule has 5 heteroatoms. The number of aliphatic hydroxyl groups is 1. The van der Waals surface area contributed by atoms with Gasteiger partial charge in [0.05, 0.1) is 13.2 Å². The van der Waals surface area contributed by atoms with Crippen LogP contribution in [-0.2, 0) is 6.61 Å². The van der Waals surface area contributed by atoms with Gasteiger partial charge in [0, 0.05) is 11.1 Å². The summed E-state index contributed by atoms with van der Waals surface area (Å²) in [5, 5.41) is 12.1. The molecule has 1 aromatic rings. The largest absolute Gasteiger partial charge is 0.392 e. The molecule has 0 saturated carbocycles. The standard InChI is InChI=1S/C9H8N4O/c10-13-12-4-1-2-9-6-8(7-14)3-5-11-9/h3,5-6,14H,4,7H2. The van der Waals surface area contributed by atoms with Crippen LogP contribution in [0.5, 0.6) is 0 Å². The molecule has 0 aliphatic carbocycles. The van der Waals surface area contributed by atoms with E-state index in [0.717, 1.165) is 5.56 Å². The molecule has 0 bridgehead atoms. The van der Waals surface area contributed by atoms with Crippen LogP contribution >= 0.6 is 0 Å². The van der Waals surface area contributed by atoms with Gasteiger partial charge in [-0.05, 0) is 29.1 Å². The third kappa shape index (κ3) is 3.15. The first-order valence-electron chi connectivity index (χ1n) is 3.92. The van der Waals surface area contributed by atoms with Crippen molar-refractivity contribution in [2.24, 2.45) is 5.11 Å². The van der Waals surface area contributed by atoms with Crippen molar-refractivity contribution in [2.45, 2.75) is 6.61 Å². The fourth-order valence-corrected chi connectivity index (χ4v) is 0.838. The lowest BCUT2D eigenvalue weighted by Gasteiger charge is -1.94. The van der Waals surface area contributed by atoms with E-state index in [4.69, 9.17) is 10.6 Å². The van der Waals surface area contributed by atoms with Crippen LogP contribution in [0.25, 0.3) is 10.4 Å². The second-order valence-electron chi connectivity index (χ2n) is 2.40. The van der Waals surface area contributed by atoms with Crippen LogP contribution < -0.4 is 0 Å². The summed E-state index contributed by atoms with van der Waals surface area (Å²) < 4.78 is 0. The topological polar surface area (TPSA) is 81.9 Å². The summed E-state index contributed by atoms with van der Waals surface area (Å²) in [5.74, 6) is 5.36. The van der Waals surface area contributed by atoms with Crippen LogP contribution in [-0.4, -0.2) is 16.6 Å². The Hall–Kier alpha value is -2.02. The maximum absolute atomic E-state index is 8.83. The molecule has 0 atom stereocenters. The molecule has 0 aliphatic rings. The van der Waals surface area contributed by atoms with Crippen LogP contribution in [0.2, 0.25) is 0 Å². The lowest BCUT2D eigenvalue weighted by Crippen LogP contribution is -1.87. The van der Waals surface area contributed by atoms with Gasteiger partial charge in [-0.3, -0.25) is 0 Å². The summed E-state index contributed by atoms with van der Waals surface area (Å²) in [6.45, 7) is 0.0923. The summed E-state index contributed by atoms with van der Waals surface area (Å²) in [6, 6.07) is 3.39. The number of hydrogen-bond acceptors (Lipinski definition) is 3. The number of hydrogen-bond donors (Lipinski definition) is 1. The van der Waals surface area contributed by atoms with E-state index < -0.39 is 0 Å². The lowest BCUT2D eigenvalue weighted by molar-refractivity contribution is 0.281. The van der Waals surface area contributed by atoms with Gasteiger partial charge in [-0.2, -0.15) is 0 Å². The minimum absolute atomic E-state index is 0.0342. The van der Waals surface area contributed by atoms with Gasteiger partial charge in [-0.25, -0.2) is 4.98 Å². The molecule has 1 rings (SSSR count). The molecule has 70 valence electrons. The van der Waals surface area contributed by atoms with Crippen molar-refractivity contribution in [3.05, 3.63) is 40.0 Å². The molecule has 0 aliphatic heterocycles. The highest BCUT2D eigenvalue weighted by atomic mass is 16.3. The molecule has 0 spiro atoms. The Morgan fingerprint density at radius 3 is 3.21 bits per heavy atom. The second-order valence-corrected chi connectivity index (χ2v) is 2.40. The fraction of sp³-hybridized carbons (Fsp3) is 0.222. The molecular weight excluding hydrogens is 180 g/mol. The Kier molecular flexibility index (Phi) is 4.02. The fourth-order valence-electron chi connectivity index (χ4n) is 0.838. The summed E-state index contributed by atoms with van der Waals surface area (Å²) >= 11 is 0. The van der Waals surface area contributed by atoms with E-state index in [9.17, 15) is 0 Å². The third-order valence-electron chi connectivity index (χ3n) is 1.44. The van der Waals surface area contributed by atoms with Crippen LogP contribution in [0, 0.1) is 11.8 Å². The molecule has 5 nitrogen and oxygen atoms in total. The predicted molar refractivity (Wildman–Crippen MR) is 51.1 cm³/mol. The van der Waals surface area contributed by atoms with Crippen molar-refractivity contribution in [3.8, 4) is 11.8 Å². The van der Waals surface area contributed by atoms with E-state index in [1.54, 1.807) is 18.3 Å². The normalized spacial score (nSPS) is 8.36. The minimum Gasteiger partial charge on any atom is -0.392 e. The monoisotopic (exact) mass is 188 g/mol. The van der Waals surface area contributed by atoms with E-state index in [0.29, 0.717) is 5.69 Å². The molecule has 1 aromatic heterocycles. The summed E-state index contributed by atoms with van der Waals surface area (Å²) in [7, 11) is 0. The first kappa shape index (κ1) is 10.1. The summed E-state index contributed by atoms with van der Waals surface area (Å²) in [5.41, 5.74) is 9.30. The highest BCUT2D eigenvalue weighted by molar-refractivity contribution is 5.30. The molecule has 0 aromatic carbocycles. The van der Waals surface area contributed by atoms with E-state index >= 15 is 0 Å². The van der Waals surface area contributed by atoms with Crippen molar-refractivity contribution in [2.75, 3.05) is 6.54 Å². The van der Waals surface area contributed by atoms with Crippen molar-refractivity contribution in [3.63, 3.8) is 0 Å². The number of rotatable bonds is 2. The number of aliphatic hydroxyl groups excluding tert-OH is 1. The van der Waals surface area contributed by atoms with Crippen LogP contribution in [0.3, 0.4) is 0 Å². The maximum atomic E-state index is 8.83. The number of pyridine rings is 1. The SMILES string of the molecule is [N-]=[N+]=NCC#Cc1cc(CO)ccn1. The molecule has 1 N–H and O–H groups in total. The van der Waals surface area contributed by atoms with Crippen molar-refractivity contribution < 1.29 is 5.11 Å². The smallest absolute Gasteiger partial charge is 0.113 e. The minimum atomic E-state index is -0.0342. The van der Waals surface area contributed by atoms with Gasteiger partial charge in [0.25, 0.3) is 0 Å². The predicted octanol–water partition coefficient (Wildman–Crippen LogP) is 1.24. The van der Waals surface area contributed by atoms with E-state index in [1.165, 1.54) is 0 Å². The first-order valence-corrected chi connectivity index (χ1v) is 3.92. The molecule has 0 amide bonds. The van der Waals surface area contributed by atoms with Crippen LogP contribution in [0.4, 0.5) is 0 Å². The quantitative estimate of drug-likeness (QED) is 0.328. The van der Waals surface area contributed by atoms with Crippen molar-refractivity contribution >= 4 is 0 Å². The molecular formula is C9H8N4O. The Balaban J connectivity index is 2.73. The molecule has 14 heavy (non-hydrogen) atoms. The Morgan fingerprint density at radius 2 is 2.50 bits per heavy atom. The average molecular weight is 188 g/mol. The van der Waals surface area contributed by atoms with Gasteiger partial charge in [0.2, 0.25) is 0 Å². The Morgan fingerprint density at radius 1 is 1.64 bits per heavy atom. The van der Waals surface area contributed by atoms with Gasteiger partial charge in [0.15, 0.2) is 0 Å². The zero-order valence-electron chi connectivity index (χ0n) is 7.38. The Labute approximate surface area is 81.0 Å². The van der Waals surface area contributed by atoms with Gasteiger partial charge >= 0.3 is 0 Å². The zero-order chi connectivity index (χ0) is 10.2. The molecule has 0 saturated heterocycles. The van der Waals surface area contributed by atoms with Gasteiger partial charge in [-0.15, -0.1) is 0 Å². The zero-order valence-corrected chi connectivity index (χ0v) is 7.38. The Bertz CT molecular complexity index is 412. The van der Waals surface area contributed by atoms with E-state index in [2.05, 4.69) is 26.9 Å². The third-order valence-corrected chi connectivity index (χ3v) is 1.44. The molecule has 0 fully saturated rings. The number of azide groups is 1. The second kappa shape index (κ2) is 5.60.